The van der Waals surface area contributed by atoms with Gasteiger partial charge in [0.05, 0.1) is 22.9 Å². The lowest BCUT2D eigenvalue weighted by molar-refractivity contribution is -0.144. The Balaban J connectivity index is 1.45. The van der Waals surface area contributed by atoms with Crippen molar-refractivity contribution >= 4 is 34.8 Å². The van der Waals surface area contributed by atoms with Crippen LogP contribution in [0.2, 0.25) is 0 Å². The minimum atomic E-state index is -4.72. The fourth-order valence-electron chi connectivity index (χ4n) is 6.15. The van der Waals surface area contributed by atoms with Crippen molar-refractivity contribution in [1.29, 1.82) is 5.26 Å². The molecule has 238 valence electrons. The van der Waals surface area contributed by atoms with Crippen molar-refractivity contribution in [3.63, 3.8) is 0 Å². The van der Waals surface area contributed by atoms with Gasteiger partial charge in [0.15, 0.2) is 5.11 Å². The average molecular weight is 622 g/mol. The number of carbonyl (C=O) groups excluding carboxylic acids is 2. The number of amides is 2. The van der Waals surface area contributed by atoms with E-state index in [1.165, 1.54) is 6.07 Å². The van der Waals surface area contributed by atoms with Crippen molar-refractivity contribution in [2.24, 2.45) is 5.41 Å². The summed E-state index contributed by atoms with van der Waals surface area (Å²) in [6.45, 7) is 16.9. The Morgan fingerprint density at radius 2 is 1.53 bits per heavy atom. The normalized spacial score (nSPS) is 21.5. The van der Waals surface area contributed by atoms with Crippen molar-refractivity contribution in [2.45, 2.75) is 111 Å². The standard InChI is InChI=1S/C32H46F3N5O2S/c1-22-20-37(27(41)30(3,4)5)21-23(2)38(22)16-12-10-8-9-11-13-17-39-29(43)40(28(42)31(39,6)7)25-15-14-24(19-36)26(18-25)32(33,34)35/h14-15,18,22-23H,8-13,16-17,20-21H2,1-7H3. The van der Waals surface area contributed by atoms with E-state index in [2.05, 4.69) is 18.7 Å². The molecule has 0 radical (unpaired) electrons. The van der Waals surface area contributed by atoms with Gasteiger partial charge in [-0.15, -0.1) is 0 Å². The number of thiocarbonyl (C=S) groups is 1. The number of hydrogen-bond donors (Lipinski definition) is 0. The molecule has 0 spiro atoms. The molecule has 2 heterocycles. The molecular weight excluding hydrogens is 575 g/mol. The summed E-state index contributed by atoms with van der Waals surface area (Å²) in [6, 6.07) is 5.47. The van der Waals surface area contributed by atoms with Crippen molar-refractivity contribution in [2.75, 3.05) is 31.1 Å². The molecular formula is C32H46F3N5O2S. The van der Waals surface area contributed by atoms with Crippen molar-refractivity contribution in [3.05, 3.63) is 29.3 Å². The lowest BCUT2D eigenvalue weighted by Crippen LogP contribution is -2.59. The Bertz CT molecular complexity index is 1220. The summed E-state index contributed by atoms with van der Waals surface area (Å²) in [6.07, 6.45) is 1.39. The van der Waals surface area contributed by atoms with Crippen molar-refractivity contribution in [1.82, 2.24) is 14.7 Å². The molecule has 11 heteroatoms. The molecule has 2 amide bonds. The maximum atomic E-state index is 13.5. The number of anilines is 1. The highest BCUT2D eigenvalue weighted by molar-refractivity contribution is 7.80. The van der Waals surface area contributed by atoms with E-state index in [1.54, 1.807) is 24.8 Å². The van der Waals surface area contributed by atoms with Crippen LogP contribution >= 0.6 is 12.2 Å². The van der Waals surface area contributed by atoms with Gasteiger partial charge in [-0.05, 0) is 77.5 Å². The zero-order valence-corrected chi connectivity index (χ0v) is 27.4. The summed E-state index contributed by atoms with van der Waals surface area (Å²) < 4.78 is 40.6. The molecule has 0 aliphatic carbocycles. The van der Waals surface area contributed by atoms with Crippen LogP contribution in [0.5, 0.6) is 0 Å². The highest BCUT2D eigenvalue weighted by Gasteiger charge is 2.49. The quantitative estimate of drug-likeness (QED) is 0.217. The molecule has 2 saturated heterocycles. The maximum absolute atomic E-state index is 13.5. The van der Waals surface area contributed by atoms with Crippen molar-refractivity contribution in [3.8, 4) is 6.07 Å². The molecule has 2 unspecified atom stereocenters. The molecule has 0 N–H and O–H groups in total. The SMILES string of the molecule is CC1CN(C(=O)C(C)(C)C)CC(C)N1CCCCCCCCN1C(=S)N(c2ccc(C#N)c(C(F)(F)F)c2)C(=O)C1(C)C. The Morgan fingerprint density at radius 1 is 1.00 bits per heavy atom. The second-order valence-electron chi connectivity index (χ2n) is 13.5. The lowest BCUT2D eigenvalue weighted by Gasteiger charge is -2.46. The fraction of sp³-hybridized carbons (Fsp3) is 0.688. The average Bonchev–Trinajstić information content (AvgIpc) is 3.07. The number of alkyl halides is 3. The van der Waals surface area contributed by atoms with Crippen LogP contribution in [-0.2, 0) is 15.8 Å². The monoisotopic (exact) mass is 621 g/mol. The van der Waals surface area contributed by atoms with Gasteiger partial charge in [0.25, 0.3) is 5.91 Å². The van der Waals surface area contributed by atoms with E-state index in [0.29, 0.717) is 18.6 Å². The van der Waals surface area contributed by atoms with Gasteiger partial charge in [-0.3, -0.25) is 19.4 Å². The van der Waals surface area contributed by atoms with Gasteiger partial charge in [0.1, 0.15) is 5.54 Å². The first-order chi connectivity index (χ1) is 19.9. The highest BCUT2D eigenvalue weighted by atomic mass is 32.1. The number of piperazine rings is 1. The zero-order chi connectivity index (χ0) is 32.3. The molecule has 1 aromatic carbocycles. The van der Waals surface area contributed by atoms with Gasteiger partial charge in [-0.2, -0.15) is 18.4 Å². The van der Waals surface area contributed by atoms with E-state index in [4.69, 9.17) is 17.5 Å². The number of benzene rings is 1. The van der Waals surface area contributed by atoms with Gasteiger partial charge < -0.3 is 9.80 Å². The highest BCUT2D eigenvalue weighted by Crippen LogP contribution is 2.38. The van der Waals surface area contributed by atoms with E-state index in [1.807, 2.05) is 25.7 Å². The number of unbranched alkanes of at least 4 members (excludes halogenated alkanes) is 5. The predicted molar refractivity (Wildman–Crippen MR) is 166 cm³/mol. The molecule has 1 aromatic rings. The van der Waals surface area contributed by atoms with Crippen LogP contribution in [0, 0.1) is 16.7 Å². The zero-order valence-electron chi connectivity index (χ0n) is 26.6. The topological polar surface area (TPSA) is 70.9 Å². The fourth-order valence-corrected chi connectivity index (χ4v) is 6.66. The van der Waals surface area contributed by atoms with Gasteiger partial charge in [0, 0.05) is 37.1 Å². The third kappa shape index (κ3) is 7.88. The molecule has 43 heavy (non-hydrogen) atoms. The molecule has 2 aliphatic rings. The second kappa shape index (κ2) is 13.5. The maximum Gasteiger partial charge on any atom is 0.417 e. The summed E-state index contributed by atoms with van der Waals surface area (Å²) in [5.41, 5.74) is -2.91. The molecule has 2 atom stereocenters. The Hall–Kier alpha value is -2.71. The Labute approximate surface area is 260 Å². The predicted octanol–water partition coefficient (Wildman–Crippen LogP) is 6.60. The number of carbonyl (C=O) groups is 2. The molecule has 2 fully saturated rings. The summed E-state index contributed by atoms with van der Waals surface area (Å²) in [5, 5.41) is 9.29. The molecule has 3 rings (SSSR count). The van der Waals surface area contributed by atoms with Gasteiger partial charge in [-0.25, -0.2) is 0 Å². The molecule has 0 bridgehead atoms. The number of halogens is 3. The minimum Gasteiger partial charge on any atom is -0.339 e. The summed E-state index contributed by atoms with van der Waals surface area (Å²) in [5.74, 6) is -0.173. The van der Waals surface area contributed by atoms with Crippen LogP contribution in [0.25, 0.3) is 0 Å². The lowest BCUT2D eigenvalue weighted by atomic mass is 9.93. The number of nitriles is 1. The summed E-state index contributed by atoms with van der Waals surface area (Å²) in [4.78, 5) is 33.5. The molecule has 0 aromatic heterocycles. The Morgan fingerprint density at radius 3 is 2.05 bits per heavy atom. The first-order valence-corrected chi connectivity index (χ1v) is 15.6. The smallest absolute Gasteiger partial charge is 0.339 e. The van der Waals surface area contributed by atoms with E-state index < -0.39 is 22.8 Å². The van der Waals surface area contributed by atoms with E-state index >= 15 is 0 Å². The Kier molecular flexibility index (Phi) is 10.9. The summed E-state index contributed by atoms with van der Waals surface area (Å²) >= 11 is 5.58. The largest absolute Gasteiger partial charge is 0.417 e. The number of hydrogen-bond acceptors (Lipinski definition) is 5. The van der Waals surface area contributed by atoms with Crippen LogP contribution < -0.4 is 4.90 Å². The first kappa shape index (κ1) is 34.8. The first-order valence-electron chi connectivity index (χ1n) is 15.2. The van der Waals surface area contributed by atoms with Crippen LogP contribution in [-0.4, -0.2) is 75.4 Å². The number of nitrogens with zero attached hydrogens (tertiary/aromatic N) is 5. The second-order valence-corrected chi connectivity index (χ2v) is 13.9. The van der Waals surface area contributed by atoms with Gasteiger partial charge >= 0.3 is 6.18 Å². The molecule has 7 nitrogen and oxygen atoms in total. The van der Waals surface area contributed by atoms with Gasteiger partial charge in [0.2, 0.25) is 5.91 Å². The summed E-state index contributed by atoms with van der Waals surface area (Å²) in [7, 11) is 0. The molecule has 2 aliphatic heterocycles. The molecule has 0 saturated carbocycles. The van der Waals surface area contributed by atoms with E-state index in [0.717, 1.165) is 75.2 Å². The van der Waals surface area contributed by atoms with Gasteiger partial charge in [-0.1, -0.05) is 46.5 Å². The van der Waals surface area contributed by atoms with Crippen LogP contribution in [0.15, 0.2) is 18.2 Å². The van der Waals surface area contributed by atoms with Crippen molar-refractivity contribution < 1.29 is 22.8 Å². The minimum absolute atomic E-state index is 0.0164. The van der Waals surface area contributed by atoms with Crippen LogP contribution in [0.3, 0.4) is 0 Å². The van der Waals surface area contributed by atoms with Crippen LogP contribution in [0.4, 0.5) is 18.9 Å². The van der Waals surface area contributed by atoms with Crippen LogP contribution in [0.1, 0.15) is 98.1 Å². The third-order valence-corrected chi connectivity index (χ3v) is 8.99. The van der Waals surface area contributed by atoms with E-state index in [-0.39, 0.29) is 28.0 Å². The third-order valence-electron chi connectivity index (χ3n) is 8.59. The number of rotatable bonds is 10. The van der Waals surface area contributed by atoms with E-state index in [9.17, 15) is 22.8 Å².